The van der Waals surface area contributed by atoms with E-state index in [0.717, 1.165) is 11.3 Å². The number of benzene rings is 2. The van der Waals surface area contributed by atoms with Gasteiger partial charge in [0.05, 0.1) is 16.3 Å². The minimum atomic E-state index is -0.140. The van der Waals surface area contributed by atoms with E-state index < -0.39 is 0 Å². The van der Waals surface area contributed by atoms with Gasteiger partial charge in [0, 0.05) is 5.56 Å². The number of H-pyrrole nitrogens is 1. The summed E-state index contributed by atoms with van der Waals surface area (Å²) in [6.07, 6.45) is 1.80. The molecule has 1 heterocycles. The summed E-state index contributed by atoms with van der Waals surface area (Å²) in [7, 11) is 1.62. The highest BCUT2D eigenvalue weighted by Crippen LogP contribution is 2.27. The summed E-state index contributed by atoms with van der Waals surface area (Å²) in [5.41, 5.74) is 0.690. The van der Waals surface area contributed by atoms with E-state index in [0.29, 0.717) is 20.7 Å². The Labute approximate surface area is 137 Å². The van der Waals surface area contributed by atoms with Crippen molar-refractivity contribution in [3.8, 4) is 17.2 Å². The molecule has 3 rings (SSSR count). The molecule has 0 radical (unpaired) electrons. The quantitative estimate of drug-likeness (QED) is 0.802. The standard InChI is InChI=1S/C18H15NO3S/c1-12-19-18(20)17(23-12)11-13-5-3-4-6-16(13)22-15-9-7-14(21-2)8-10-15/h3-11H,1H2,2H3,(H,19,20)/b17-11-. The third-order valence-corrected chi connectivity index (χ3v) is 4.07. The second kappa shape index (κ2) is 6.54. The first-order valence-corrected chi connectivity index (χ1v) is 7.78. The zero-order chi connectivity index (χ0) is 16.2. The number of aromatic nitrogens is 1. The van der Waals surface area contributed by atoms with Gasteiger partial charge in [-0.05, 0) is 36.4 Å². The molecule has 116 valence electrons. The molecule has 0 bridgehead atoms. The molecule has 4 nitrogen and oxygen atoms in total. The zero-order valence-electron chi connectivity index (χ0n) is 12.5. The van der Waals surface area contributed by atoms with Crippen molar-refractivity contribution in [3.05, 3.63) is 73.6 Å². The number of thiazole rings is 1. The van der Waals surface area contributed by atoms with Crippen LogP contribution in [0.4, 0.5) is 0 Å². The van der Waals surface area contributed by atoms with Crippen molar-refractivity contribution in [2.24, 2.45) is 0 Å². The topological polar surface area (TPSA) is 51.3 Å². The number of hydrogen-bond donors (Lipinski definition) is 1. The van der Waals surface area contributed by atoms with Gasteiger partial charge in [0.2, 0.25) is 0 Å². The van der Waals surface area contributed by atoms with Crippen LogP contribution in [0.25, 0.3) is 12.7 Å². The number of methoxy groups -OCH3 is 1. The van der Waals surface area contributed by atoms with Crippen LogP contribution < -0.4 is 24.2 Å². The molecule has 0 spiro atoms. The summed E-state index contributed by atoms with van der Waals surface area (Å²) in [6.45, 7) is 3.75. The Bertz CT molecular complexity index is 970. The zero-order valence-corrected chi connectivity index (χ0v) is 13.4. The van der Waals surface area contributed by atoms with Crippen LogP contribution in [0.5, 0.6) is 17.2 Å². The van der Waals surface area contributed by atoms with E-state index in [2.05, 4.69) is 11.6 Å². The maximum atomic E-state index is 11.8. The van der Waals surface area contributed by atoms with Crippen LogP contribution in [0.15, 0.2) is 53.3 Å². The Balaban J connectivity index is 1.97. The van der Waals surface area contributed by atoms with Crippen LogP contribution in [0.2, 0.25) is 0 Å². The maximum absolute atomic E-state index is 11.8. The first-order valence-electron chi connectivity index (χ1n) is 6.96. The molecule has 0 aliphatic carbocycles. The molecule has 2 aromatic carbocycles. The highest BCUT2D eigenvalue weighted by Gasteiger charge is 2.04. The number of para-hydroxylation sites is 1. The second-order valence-corrected chi connectivity index (χ2v) is 5.94. The molecule has 0 aliphatic heterocycles. The fourth-order valence-electron chi connectivity index (χ4n) is 2.09. The summed E-state index contributed by atoms with van der Waals surface area (Å²) in [6, 6.07) is 14.9. The average Bonchev–Trinajstić information content (AvgIpc) is 2.87. The van der Waals surface area contributed by atoms with Gasteiger partial charge in [0.25, 0.3) is 5.56 Å². The molecule has 0 saturated heterocycles. The number of aromatic amines is 1. The molecule has 23 heavy (non-hydrogen) atoms. The van der Waals surface area contributed by atoms with E-state index in [-0.39, 0.29) is 5.56 Å². The lowest BCUT2D eigenvalue weighted by molar-refractivity contribution is 0.413. The van der Waals surface area contributed by atoms with E-state index in [1.54, 1.807) is 13.2 Å². The monoisotopic (exact) mass is 325 g/mol. The summed E-state index contributed by atoms with van der Waals surface area (Å²) < 4.78 is 12.3. The van der Waals surface area contributed by atoms with Crippen molar-refractivity contribution < 1.29 is 9.47 Å². The molecule has 1 aromatic heterocycles. The predicted octanol–water partition coefficient (Wildman–Crippen LogP) is 2.48. The molecule has 0 aliphatic rings. The third kappa shape index (κ3) is 3.52. The van der Waals surface area contributed by atoms with E-state index >= 15 is 0 Å². The highest BCUT2D eigenvalue weighted by molar-refractivity contribution is 7.07. The molecule has 0 amide bonds. The Morgan fingerprint density at radius 2 is 1.78 bits per heavy atom. The van der Waals surface area contributed by atoms with Crippen molar-refractivity contribution in [1.82, 2.24) is 4.98 Å². The minimum Gasteiger partial charge on any atom is -0.497 e. The lowest BCUT2D eigenvalue weighted by Crippen LogP contribution is -2.19. The lowest BCUT2D eigenvalue weighted by Gasteiger charge is -2.09. The summed E-state index contributed by atoms with van der Waals surface area (Å²) in [4.78, 5) is 14.5. The van der Waals surface area contributed by atoms with Crippen molar-refractivity contribution >= 4 is 24.0 Å². The van der Waals surface area contributed by atoms with Gasteiger partial charge in [-0.25, -0.2) is 0 Å². The van der Waals surface area contributed by atoms with E-state index in [9.17, 15) is 4.79 Å². The fraction of sp³-hybridized carbons (Fsp3) is 0.0556. The Kier molecular flexibility index (Phi) is 4.30. The fourth-order valence-corrected chi connectivity index (χ4v) is 2.83. The number of ether oxygens (including phenoxy) is 2. The summed E-state index contributed by atoms with van der Waals surface area (Å²) >= 11 is 1.32. The van der Waals surface area contributed by atoms with Crippen LogP contribution in [0.1, 0.15) is 5.56 Å². The first kappa shape index (κ1) is 15.1. The van der Waals surface area contributed by atoms with E-state index in [1.807, 2.05) is 48.5 Å². The van der Waals surface area contributed by atoms with E-state index in [4.69, 9.17) is 9.47 Å². The average molecular weight is 325 g/mol. The minimum absolute atomic E-state index is 0.140. The van der Waals surface area contributed by atoms with Crippen LogP contribution in [0, 0.1) is 0 Å². The van der Waals surface area contributed by atoms with Crippen LogP contribution in [-0.2, 0) is 0 Å². The second-order valence-electron chi connectivity index (χ2n) is 4.80. The molecular formula is C18H15NO3S. The molecule has 0 unspecified atom stereocenters. The van der Waals surface area contributed by atoms with Gasteiger partial charge in [0.15, 0.2) is 0 Å². The molecule has 0 atom stereocenters. The third-order valence-electron chi connectivity index (χ3n) is 3.20. The molecule has 0 fully saturated rings. The van der Waals surface area contributed by atoms with Crippen molar-refractivity contribution in [2.45, 2.75) is 0 Å². The maximum Gasteiger partial charge on any atom is 0.266 e. The smallest absolute Gasteiger partial charge is 0.266 e. The van der Waals surface area contributed by atoms with Crippen LogP contribution in [0.3, 0.4) is 0 Å². The Morgan fingerprint density at radius 1 is 1.09 bits per heavy atom. The molecule has 5 heteroatoms. The van der Waals surface area contributed by atoms with Crippen LogP contribution in [-0.4, -0.2) is 12.1 Å². The molecule has 0 saturated carbocycles. The van der Waals surface area contributed by atoms with Gasteiger partial charge in [0.1, 0.15) is 17.2 Å². The van der Waals surface area contributed by atoms with Gasteiger partial charge in [-0.2, -0.15) is 0 Å². The SMILES string of the molecule is C=c1[nH]c(=O)/c(=C/c2ccccc2Oc2ccc(OC)cc2)s1. The van der Waals surface area contributed by atoms with Gasteiger partial charge >= 0.3 is 0 Å². The van der Waals surface area contributed by atoms with Gasteiger partial charge < -0.3 is 14.5 Å². The normalized spacial score (nSPS) is 11.4. The number of nitrogens with one attached hydrogen (secondary N) is 1. The number of hydrogen-bond acceptors (Lipinski definition) is 4. The van der Waals surface area contributed by atoms with Gasteiger partial charge in [-0.3, -0.25) is 4.79 Å². The lowest BCUT2D eigenvalue weighted by atomic mass is 10.2. The van der Waals surface area contributed by atoms with Crippen molar-refractivity contribution in [3.63, 3.8) is 0 Å². The molecule has 3 aromatic rings. The molecule has 1 N–H and O–H groups in total. The highest BCUT2D eigenvalue weighted by atomic mass is 32.1. The van der Waals surface area contributed by atoms with Gasteiger partial charge in [-0.1, -0.05) is 24.8 Å². The van der Waals surface area contributed by atoms with E-state index in [1.165, 1.54) is 11.3 Å². The summed E-state index contributed by atoms with van der Waals surface area (Å²) in [5.74, 6) is 2.14. The van der Waals surface area contributed by atoms with Crippen molar-refractivity contribution in [1.29, 1.82) is 0 Å². The van der Waals surface area contributed by atoms with Crippen LogP contribution >= 0.6 is 11.3 Å². The summed E-state index contributed by atoms with van der Waals surface area (Å²) in [5, 5.41) is 0. The Hall–Kier alpha value is -2.79. The largest absolute Gasteiger partial charge is 0.497 e. The number of rotatable bonds is 4. The molecular weight excluding hydrogens is 310 g/mol. The Morgan fingerprint density at radius 3 is 2.43 bits per heavy atom. The van der Waals surface area contributed by atoms with Crippen molar-refractivity contribution in [2.75, 3.05) is 7.11 Å². The predicted molar refractivity (Wildman–Crippen MR) is 92.8 cm³/mol. The van der Waals surface area contributed by atoms with Gasteiger partial charge in [-0.15, -0.1) is 11.3 Å². The first-order chi connectivity index (χ1) is 11.2.